The topological polar surface area (TPSA) is 98.0 Å². The predicted octanol–water partition coefficient (Wildman–Crippen LogP) is 3.02. The van der Waals surface area contributed by atoms with Crippen LogP contribution < -0.4 is 0 Å². The number of hydrogen-bond donors (Lipinski definition) is 4. The van der Waals surface area contributed by atoms with E-state index in [-0.39, 0.29) is 12.5 Å². The second kappa shape index (κ2) is 14.7. The van der Waals surface area contributed by atoms with Crippen molar-refractivity contribution in [3.05, 3.63) is 12.2 Å². The van der Waals surface area contributed by atoms with Crippen LogP contribution in [0.3, 0.4) is 0 Å². The zero-order valence-electron chi connectivity index (χ0n) is 14.4. The van der Waals surface area contributed by atoms with E-state index in [0.717, 1.165) is 38.5 Å². The minimum absolute atomic E-state index is 0.175. The van der Waals surface area contributed by atoms with E-state index in [9.17, 15) is 20.1 Å². The molecule has 3 unspecified atom stereocenters. The Balaban J connectivity index is 3.64. The predicted molar refractivity (Wildman–Crippen MR) is 91.3 cm³/mol. The number of rotatable bonds is 15. The molecular weight excluding hydrogens is 296 g/mol. The lowest BCUT2D eigenvalue weighted by Gasteiger charge is -2.11. The number of aliphatic hydroxyl groups is 3. The van der Waals surface area contributed by atoms with Gasteiger partial charge in [-0.3, -0.25) is 4.79 Å². The summed E-state index contributed by atoms with van der Waals surface area (Å²) in [5.41, 5.74) is 0. The number of carboxylic acids is 1. The summed E-state index contributed by atoms with van der Waals surface area (Å²) in [5.74, 6) is -0.784. The summed E-state index contributed by atoms with van der Waals surface area (Å²) in [6, 6.07) is 0. The Labute approximate surface area is 140 Å². The third kappa shape index (κ3) is 15.8. The van der Waals surface area contributed by atoms with Gasteiger partial charge in [-0.2, -0.15) is 0 Å². The SMILES string of the molecule is CCCCC(O)CCCC(O)/C=C/C(O)CCCCCC(=O)O. The van der Waals surface area contributed by atoms with Crippen molar-refractivity contribution in [2.45, 2.75) is 95.9 Å². The van der Waals surface area contributed by atoms with Crippen molar-refractivity contribution in [2.24, 2.45) is 0 Å². The van der Waals surface area contributed by atoms with Gasteiger partial charge in [-0.25, -0.2) is 0 Å². The van der Waals surface area contributed by atoms with Crippen LogP contribution in [-0.4, -0.2) is 44.7 Å². The molecule has 5 nitrogen and oxygen atoms in total. The fourth-order valence-electron chi connectivity index (χ4n) is 2.40. The maximum Gasteiger partial charge on any atom is 0.303 e. The molecule has 0 aromatic carbocycles. The summed E-state index contributed by atoms with van der Waals surface area (Å²) in [7, 11) is 0. The molecule has 0 heterocycles. The Bertz CT molecular complexity index is 317. The molecule has 0 saturated carbocycles. The fraction of sp³-hybridized carbons (Fsp3) is 0.833. The van der Waals surface area contributed by atoms with Crippen LogP contribution in [0.25, 0.3) is 0 Å². The van der Waals surface area contributed by atoms with E-state index in [1.807, 2.05) is 0 Å². The molecule has 0 bridgehead atoms. The molecule has 23 heavy (non-hydrogen) atoms. The molecular formula is C18H34O5. The minimum atomic E-state index is -0.784. The van der Waals surface area contributed by atoms with Crippen LogP contribution in [0.5, 0.6) is 0 Å². The van der Waals surface area contributed by atoms with Crippen molar-refractivity contribution in [3.8, 4) is 0 Å². The van der Waals surface area contributed by atoms with Crippen molar-refractivity contribution in [3.63, 3.8) is 0 Å². The average Bonchev–Trinajstić information content (AvgIpc) is 2.50. The Kier molecular flexibility index (Phi) is 14.1. The molecule has 4 N–H and O–H groups in total. The lowest BCUT2D eigenvalue weighted by Crippen LogP contribution is -2.10. The lowest BCUT2D eigenvalue weighted by atomic mass is 10.0. The molecule has 0 aliphatic carbocycles. The van der Waals surface area contributed by atoms with Crippen molar-refractivity contribution in [2.75, 3.05) is 0 Å². The Morgan fingerprint density at radius 3 is 1.96 bits per heavy atom. The first kappa shape index (κ1) is 22.1. The first-order valence-corrected chi connectivity index (χ1v) is 8.90. The molecule has 0 spiro atoms. The van der Waals surface area contributed by atoms with Crippen molar-refractivity contribution < 1.29 is 25.2 Å². The number of unbranched alkanes of at least 4 members (excludes halogenated alkanes) is 3. The van der Waals surface area contributed by atoms with Gasteiger partial charge in [0.2, 0.25) is 0 Å². The van der Waals surface area contributed by atoms with Crippen LogP contribution in [0.15, 0.2) is 12.2 Å². The van der Waals surface area contributed by atoms with Crippen LogP contribution in [0.1, 0.15) is 77.6 Å². The molecule has 0 aromatic heterocycles. The molecule has 0 aliphatic rings. The first-order chi connectivity index (χ1) is 11.0. The Hall–Kier alpha value is -0.910. The van der Waals surface area contributed by atoms with Crippen LogP contribution >= 0.6 is 0 Å². The third-order valence-corrected chi connectivity index (χ3v) is 3.87. The number of carbonyl (C=O) groups is 1. The largest absolute Gasteiger partial charge is 0.481 e. The van der Waals surface area contributed by atoms with E-state index in [2.05, 4.69) is 6.92 Å². The van der Waals surface area contributed by atoms with Gasteiger partial charge in [-0.05, 0) is 38.5 Å². The second-order valence-corrected chi connectivity index (χ2v) is 6.24. The van der Waals surface area contributed by atoms with E-state index in [1.54, 1.807) is 12.2 Å². The summed E-state index contributed by atoms with van der Waals surface area (Å²) in [5, 5.41) is 37.8. The fourth-order valence-corrected chi connectivity index (χ4v) is 2.40. The quantitative estimate of drug-likeness (QED) is 0.273. The monoisotopic (exact) mass is 330 g/mol. The lowest BCUT2D eigenvalue weighted by molar-refractivity contribution is -0.137. The van der Waals surface area contributed by atoms with E-state index in [0.29, 0.717) is 25.7 Å². The van der Waals surface area contributed by atoms with Gasteiger partial charge in [0.15, 0.2) is 0 Å². The zero-order chi connectivity index (χ0) is 17.5. The molecule has 0 amide bonds. The van der Waals surface area contributed by atoms with E-state index in [1.165, 1.54) is 0 Å². The second-order valence-electron chi connectivity index (χ2n) is 6.24. The smallest absolute Gasteiger partial charge is 0.303 e. The summed E-state index contributed by atoms with van der Waals surface area (Å²) in [6.45, 7) is 2.10. The van der Waals surface area contributed by atoms with Gasteiger partial charge < -0.3 is 20.4 Å². The van der Waals surface area contributed by atoms with Crippen LogP contribution in [-0.2, 0) is 4.79 Å². The molecule has 136 valence electrons. The Morgan fingerprint density at radius 2 is 1.39 bits per heavy atom. The number of carboxylic acid groups (broad SMARTS) is 1. The molecule has 0 rings (SSSR count). The van der Waals surface area contributed by atoms with Gasteiger partial charge >= 0.3 is 5.97 Å². The maximum absolute atomic E-state index is 10.3. The van der Waals surface area contributed by atoms with Crippen LogP contribution in [0, 0.1) is 0 Å². The van der Waals surface area contributed by atoms with Gasteiger partial charge in [-0.1, -0.05) is 44.8 Å². The molecule has 0 fully saturated rings. The van der Waals surface area contributed by atoms with Gasteiger partial charge in [0.1, 0.15) is 0 Å². The number of aliphatic carboxylic acids is 1. The zero-order valence-corrected chi connectivity index (χ0v) is 14.4. The molecule has 0 radical (unpaired) electrons. The van der Waals surface area contributed by atoms with Crippen molar-refractivity contribution in [1.82, 2.24) is 0 Å². The van der Waals surface area contributed by atoms with Crippen molar-refractivity contribution >= 4 is 5.97 Å². The standard InChI is InChI=1S/C18H34O5/c1-2-3-8-15(19)10-7-11-17(21)14-13-16(20)9-5-4-6-12-18(22)23/h13-17,19-21H,2-12H2,1H3,(H,22,23)/b14-13+. The van der Waals surface area contributed by atoms with Gasteiger partial charge in [0.25, 0.3) is 0 Å². The van der Waals surface area contributed by atoms with Gasteiger partial charge in [-0.15, -0.1) is 0 Å². The number of hydrogen-bond acceptors (Lipinski definition) is 4. The van der Waals surface area contributed by atoms with E-state index >= 15 is 0 Å². The van der Waals surface area contributed by atoms with Gasteiger partial charge in [0, 0.05) is 6.42 Å². The summed E-state index contributed by atoms with van der Waals surface area (Å²) >= 11 is 0. The highest BCUT2D eigenvalue weighted by atomic mass is 16.4. The molecule has 0 aliphatic heterocycles. The molecule has 3 atom stereocenters. The van der Waals surface area contributed by atoms with E-state index < -0.39 is 18.2 Å². The van der Waals surface area contributed by atoms with Gasteiger partial charge in [0.05, 0.1) is 18.3 Å². The van der Waals surface area contributed by atoms with Crippen LogP contribution in [0.2, 0.25) is 0 Å². The highest BCUT2D eigenvalue weighted by molar-refractivity contribution is 5.66. The first-order valence-electron chi connectivity index (χ1n) is 8.90. The highest BCUT2D eigenvalue weighted by Crippen LogP contribution is 2.11. The van der Waals surface area contributed by atoms with Crippen molar-refractivity contribution in [1.29, 1.82) is 0 Å². The Morgan fingerprint density at radius 1 is 0.826 bits per heavy atom. The number of aliphatic hydroxyl groups excluding tert-OH is 3. The van der Waals surface area contributed by atoms with Crippen LogP contribution in [0.4, 0.5) is 0 Å². The molecule has 5 heteroatoms. The minimum Gasteiger partial charge on any atom is -0.481 e. The average molecular weight is 330 g/mol. The normalized spacial score (nSPS) is 15.7. The van der Waals surface area contributed by atoms with E-state index in [4.69, 9.17) is 5.11 Å². The molecule has 0 saturated heterocycles. The summed E-state index contributed by atoms with van der Waals surface area (Å²) < 4.78 is 0. The maximum atomic E-state index is 10.3. The highest BCUT2D eigenvalue weighted by Gasteiger charge is 2.06. The summed E-state index contributed by atoms with van der Waals surface area (Å²) in [6.07, 6.45) is 9.71. The third-order valence-electron chi connectivity index (χ3n) is 3.87. The summed E-state index contributed by atoms with van der Waals surface area (Å²) in [4.78, 5) is 10.3. The molecule has 0 aromatic rings.